The largest absolute Gasteiger partial charge is 0.348 e. The van der Waals surface area contributed by atoms with Crippen LogP contribution in [-0.4, -0.2) is 44.9 Å². The lowest BCUT2D eigenvalue weighted by molar-refractivity contribution is -0.127. The molecule has 0 spiro atoms. The van der Waals surface area contributed by atoms with E-state index in [1.807, 2.05) is 41.9 Å². The Bertz CT molecular complexity index is 664. The Morgan fingerprint density at radius 3 is 2.59 bits per heavy atom. The lowest BCUT2D eigenvalue weighted by Crippen LogP contribution is -2.29. The lowest BCUT2D eigenvalue weighted by atomic mass is 10.3. The molecule has 1 aromatic heterocycles. The molecule has 0 saturated heterocycles. The number of carbonyl (C=O) groups excluding carboxylic acids is 1. The van der Waals surface area contributed by atoms with Crippen molar-refractivity contribution in [3.8, 4) is 5.69 Å². The number of benzene rings is 1. The van der Waals surface area contributed by atoms with Crippen LogP contribution in [0, 0.1) is 0 Å². The highest BCUT2D eigenvalue weighted by atomic mass is 32.2. The van der Waals surface area contributed by atoms with Crippen LogP contribution in [0.5, 0.6) is 0 Å². The van der Waals surface area contributed by atoms with Crippen molar-refractivity contribution in [2.45, 2.75) is 36.1 Å². The van der Waals surface area contributed by atoms with Crippen molar-refractivity contribution < 1.29 is 4.79 Å². The molecular weight excluding hydrogens is 296 g/mol. The summed E-state index contributed by atoms with van der Waals surface area (Å²) in [7, 11) is 3.54. The minimum atomic E-state index is -0.186. The molecule has 116 valence electrons. The molecule has 22 heavy (non-hydrogen) atoms. The number of aromatic nitrogens is 3. The normalized spacial score (nSPS) is 15.6. The van der Waals surface area contributed by atoms with Crippen molar-refractivity contribution in [3.63, 3.8) is 0 Å². The van der Waals surface area contributed by atoms with Crippen molar-refractivity contribution in [2.24, 2.45) is 0 Å². The van der Waals surface area contributed by atoms with Gasteiger partial charge in [-0.2, -0.15) is 0 Å². The van der Waals surface area contributed by atoms with Gasteiger partial charge in [-0.25, -0.2) is 9.67 Å². The fourth-order valence-corrected chi connectivity index (χ4v) is 3.19. The van der Waals surface area contributed by atoms with E-state index in [0.717, 1.165) is 11.5 Å². The molecule has 0 aliphatic heterocycles. The minimum Gasteiger partial charge on any atom is -0.348 e. The summed E-state index contributed by atoms with van der Waals surface area (Å²) in [5, 5.41) is 5.11. The summed E-state index contributed by atoms with van der Waals surface area (Å²) >= 11 is 1.42. The van der Waals surface area contributed by atoms with E-state index in [4.69, 9.17) is 0 Å². The van der Waals surface area contributed by atoms with Gasteiger partial charge < -0.3 is 4.90 Å². The van der Waals surface area contributed by atoms with Gasteiger partial charge in [-0.15, -0.1) is 5.10 Å². The monoisotopic (exact) mass is 316 g/mol. The maximum Gasteiger partial charge on any atom is 0.235 e. The molecule has 0 N–H and O–H groups in total. The predicted molar refractivity (Wildman–Crippen MR) is 87.3 cm³/mol. The molecule has 2 aromatic rings. The predicted octanol–water partition coefficient (Wildman–Crippen LogP) is 2.71. The van der Waals surface area contributed by atoms with Gasteiger partial charge >= 0.3 is 0 Å². The SMILES string of the molecule is C[C@H](Sc1nc(C2CC2)n(-c2ccccc2)n1)C(=O)N(C)C. The number of rotatable bonds is 5. The zero-order chi connectivity index (χ0) is 15.7. The van der Waals surface area contributed by atoms with Gasteiger partial charge in [-0.3, -0.25) is 4.79 Å². The average molecular weight is 316 g/mol. The zero-order valence-electron chi connectivity index (χ0n) is 13.1. The molecule has 1 aliphatic carbocycles. The summed E-state index contributed by atoms with van der Waals surface area (Å²) in [5.41, 5.74) is 1.02. The highest BCUT2D eigenvalue weighted by molar-refractivity contribution is 8.00. The first-order valence-electron chi connectivity index (χ1n) is 7.46. The molecule has 1 aliphatic rings. The van der Waals surface area contributed by atoms with E-state index in [9.17, 15) is 4.79 Å². The van der Waals surface area contributed by atoms with Gasteiger partial charge in [0.05, 0.1) is 10.9 Å². The van der Waals surface area contributed by atoms with Gasteiger partial charge in [0.25, 0.3) is 0 Å². The first-order valence-corrected chi connectivity index (χ1v) is 8.34. The molecule has 5 nitrogen and oxygen atoms in total. The van der Waals surface area contributed by atoms with E-state index in [1.54, 1.807) is 19.0 Å². The van der Waals surface area contributed by atoms with Crippen LogP contribution in [0.2, 0.25) is 0 Å². The van der Waals surface area contributed by atoms with Gasteiger partial charge in [-0.1, -0.05) is 30.0 Å². The van der Waals surface area contributed by atoms with E-state index in [0.29, 0.717) is 11.1 Å². The lowest BCUT2D eigenvalue weighted by Gasteiger charge is -2.14. The first-order chi connectivity index (χ1) is 10.6. The van der Waals surface area contributed by atoms with Crippen molar-refractivity contribution in [2.75, 3.05) is 14.1 Å². The minimum absolute atomic E-state index is 0.0778. The van der Waals surface area contributed by atoms with Crippen LogP contribution in [0.1, 0.15) is 31.5 Å². The summed E-state index contributed by atoms with van der Waals surface area (Å²) in [5.74, 6) is 1.59. The highest BCUT2D eigenvalue weighted by Crippen LogP contribution is 2.40. The van der Waals surface area contributed by atoms with Crippen molar-refractivity contribution in [1.82, 2.24) is 19.7 Å². The Morgan fingerprint density at radius 2 is 2.00 bits per heavy atom. The van der Waals surface area contributed by atoms with Gasteiger partial charge in [0, 0.05) is 20.0 Å². The van der Waals surface area contributed by atoms with E-state index >= 15 is 0 Å². The summed E-state index contributed by atoms with van der Waals surface area (Å²) in [6, 6.07) is 10.1. The van der Waals surface area contributed by atoms with E-state index in [2.05, 4.69) is 10.1 Å². The molecule has 1 fully saturated rings. The Morgan fingerprint density at radius 1 is 1.32 bits per heavy atom. The van der Waals surface area contributed by atoms with Crippen molar-refractivity contribution in [1.29, 1.82) is 0 Å². The van der Waals surface area contributed by atoms with E-state index in [-0.39, 0.29) is 11.2 Å². The standard InChI is InChI=1S/C16H20N4OS/c1-11(15(21)19(2)3)22-16-17-14(12-9-10-12)20(18-16)13-7-5-4-6-8-13/h4-8,11-12H,9-10H2,1-3H3/t11-/m0/s1. The number of hydrogen-bond acceptors (Lipinski definition) is 4. The van der Waals surface area contributed by atoms with Crippen LogP contribution in [0.4, 0.5) is 0 Å². The Hall–Kier alpha value is -1.82. The molecule has 1 amide bonds. The van der Waals surface area contributed by atoms with E-state index in [1.165, 1.54) is 24.6 Å². The molecule has 0 unspecified atom stereocenters. The van der Waals surface area contributed by atoms with Crippen LogP contribution >= 0.6 is 11.8 Å². The summed E-state index contributed by atoms with van der Waals surface area (Å²) in [6.07, 6.45) is 2.34. The number of thioether (sulfide) groups is 1. The highest BCUT2D eigenvalue weighted by Gasteiger charge is 2.31. The summed E-state index contributed by atoms with van der Waals surface area (Å²) in [4.78, 5) is 18.3. The quantitative estimate of drug-likeness (QED) is 0.796. The fraction of sp³-hybridized carbons (Fsp3) is 0.438. The van der Waals surface area contributed by atoms with Crippen LogP contribution in [0.25, 0.3) is 5.69 Å². The second-order valence-corrected chi connectivity index (χ2v) is 7.07. The molecular formula is C16H20N4OS. The fourth-order valence-electron chi connectivity index (χ4n) is 2.29. The van der Waals surface area contributed by atoms with Crippen molar-refractivity contribution in [3.05, 3.63) is 36.2 Å². The number of para-hydroxylation sites is 1. The van der Waals surface area contributed by atoms with Crippen LogP contribution < -0.4 is 0 Å². The molecule has 0 bridgehead atoms. The number of amides is 1. The third kappa shape index (κ3) is 3.16. The topological polar surface area (TPSA) is 51.0 Å². The molecule has 1 atom stereocenters. The Balaban J connectivity index is 1.86. The van der Waals surface area contributed by atoms with E-state index < -0.39 is 0 Å². The second kappa shape index (κ2) is 6.12. The average Bonchev–Trinajstić information content (AvgIpc) is 3.28. The van der Waals surface area contributed by atoms with Crippen LogP contribution in [-0.2, 0) is 4.79 Å². The number of hydrogen-bond donors (Lipinski definition) is 0. The first kappa shape index (κ1) is 15.1. The Labute approximate surface area is 134 Å². The summed E-state index contributed by atoms with van der Waals surface area (Å²) in [6.45, 7) is 1.90. The molecule has 3 rings (SSSR count). The molecule has 1 saturated carbocycles. The summed E-state index contributed by atoms with van der Waals surface area (Å²) < 4.78 is 1.92. The third-order valence-corrected chi connectivity index (χ3v) is 4.57. The third-order valence-electron chi connectivity index (χ3n) is 3.63. The zero-order valence-corrected chi connectivity index (χ0v) is 13.9. The number of carbonyl (C=O) groups is 1. The second-order valence-electron chi connectivity index (χ2n) is 5.77. The van der Waals surface area contributed by atoms with Crippen LogP contribution in [0.15, 0.2) is 35.5 Å². The molecule has 6 heteroatoms. The molecule has 0 radical (unpaired) electrons. The molecule has 1 heterocycles. The smallest absolute Gasteiger partial charge is 0.235 e. The van der Waals surface area contributed by atoms with Gasteiger partial charge in [0.2, 0.25) is 11.1 Å². The van der Waals surface area contributed by atoms with Gasteiger partial charge in [0.15, 0.2) is 0 Å². The van der Waals surface area contributed by atoms with Gasteiger partial charge in [-0.05, 0) is 31.9 Å². The maximum atomic E-state index is 12.0. The van der Waals surface area contributed by atoms with Crippen LogP contribution in [0.3, 0.4) is 0 Å². The van der Waals surface area contributed by atoms with Crippen molar-refractivity contribution >= 4 is 17.7 Å². The number of nitrogens with zero attached hydrogens (tertiary/aromatic N) is 4. The Kier molecular flexibility index (Phi) is 4.20. The van der Waals surface area contributed by atoms with Gasteiger partial charge in [0.1, 0.15) is 5.82 Å². The maximum absolute atomic E-state index is 12.0. The molecule has 1 aromatic carbocycles.